The van der Waals surface area contributed by atoms with Crippen molar-refractivity contribution in [2.24, 2.45) is 23.1 Å². The molecule has 1 aromatic rings. The predicted molar refractivity (Wildman–Crippen MR) is 121 cm³/mol. The number of phenolic OH excluding ortho intramolecular Hbond substituents is 1. The molecule has 0 fully saturated rings. The first-order valence-electron chi connectivity index (χ1n) is 10.4. The Kier molecular flexibility index (Phi) is 9.83. The van der Waals surface area contributed by atoms with Crippen molar-refractivity contribution < 1.29 is 15.0 Å². The van der Waals surface area contributed by atoms with Gasteiger partial charge in [-0.2, -0.15) is 0 Å². The van der Waals surface area contributed by atoms with E-state index in [-0.39, 0.29) is 11.7 Å². The van der Waals surface area contributed by atoms with Crippen LogP contribution in [0.3, 0.4) is 0 Å². The van der Waals surface area contributed by atoms with E-state index < -0.39 is 22.6 Å². The van der Waals surface area contributed by atoms with E-state index in [1.807, 2.05) is 60.6 Å². The van der Waals surface area contributed by atoms with Crippen LogP contribution in [0.25, 0.3) is 0 Å². The maximum atomic E-state index is 10.4. The Bertz CT molecular complexity index is 630. The first-order valence-corrected chi connectivity index (χ1v) is 10.4. The molecule has 0 spiro atoms. The van der Waals surface area contributed by atoms with E-state index in [1.165, 1.54) is 0 Å². The standard InChI is InChI=1S/C15H27N3O.C8H16O2/c1-13(2,16)9-7-10(14(3,4)17)12(19)11(8-9)15(5,6)18;1-3-5-6-7(4-2)8(9)10/h7-8,19H,16-18H2,1-6H3;7H,3-6H2,1-2H3,(H,9,10). The average Bonchev–Trinajstić information content (AvgIpc) is 2.52. The average molecular weight is 410 g/mol. The molecule has 6 heteroatoms. The highest BCUT2D eigenvalue weighted by Gasteiger charge is 2.29. The lowest BCUT2D eigenvalue weighted by atomic mass is 9.81. The van der Waals surface area contributed by atoms with Gasteiger partial charge in [0.1, 0.15) is 5.75 Å². The Morgan fingerprint density at radius 3 is 1.59 bits per heavy atom. The number of carbonyl (C=O) groups is 1. The molecule has 0 aromatic heterocycles. The van der Waals surface area contributed by atoms with Crippen molar-refractivity contribution in [3.8, 4) is 5.75 Å². The summed E-state index contributed by atoms with van der Waals surface area (Å²) in [6.45, 7) is 15.2. The number of unbranched alkanes of at least 4 members (excludes halogenated alkanes) is 1. The molecule has 0 aliphatic carbocycles. The van der Waals surface area contributed by atoms with Crippen LogP contribution in [-0.4, -0.2) is 16.2 Å². The van der Waals surface area contributed by atoms with Gasteiger partial charge in [0.2, 0.25) is 0 Å². The first kappa shape index (κ1) is 27.4. The highest BCUT2D eigenvalue weighted by atomic mass is 16.4. The van der Waals surface area contributed by atoms with Gasteiger partial charge in [0.05, 0.1) is 5.92 Å². The lowest BCUT2D eigenvalue weighted by molar-refractivity contribution is -0.142. The molecule has 0 amide bonds. The second-order valence-electron chi connectivity index (χ2n) is 9.67. The van der Waals surface area contributed by atoms with Crippen LogP contribution in [0.5, 0.6) is 5.75 Å². The number of carboxylic acid groups (broad SMARTS) is 1. The summed E-state index contributed by atoms with van der Waals surface area (Å²) in [4.78, 5) is 10.4. The number of phenols is 1. The van der Waals surface area contributed by atoms with Crippen molar-refractivity contribution in [1.29, 1.82) is 0 Å². The summed E-state index contributed by atoms with van der Waals surface area (Å²) in [7, 11) is 0. The fourth-order valence-electron chi connectivity index (χ4n) is 2.94. The quantitative estimate of drug-likeness (QED) is 0.435. The molecule has 0 heterocycles. The van der Waals surface area contributed by atoms with Gasteiger partial charge >= 0.3 is 5.97 Å². The maximum Gasteiger partial charge on any atom is 0.306 e. The van der Waals surface area contributed by atoms with Gasteiger partial charge in [-0.1, -0.05) is 26.7 Å². The minimum Gasteiger partial charge on any atom is -0.507 e. The molecule has 0 saturated carbocycles. The Labute approximate surface area is 176 Å². The molecule has 1 atom stereocenters. The van der Waals surface area contributed by atoms with E-state index in [0.29, 0.717) is 11.1 Å². The molecule has 0 aliphatic heterocycles. The van der Waals surface area contributed by atoms with Crippen molar-refractivity contribution >= 4 is 5.97 Å². The molecule has 0 bridgehead atoms. The molecule has 1 rings (SSSR count). The number of carboxylic acids is 1. The summed E-state index contributed by atoms with van der Waals surface area (Å²) in [6.07, 6.45) is 3.71. The summed E-state index contributed by atoms with van der Waals surface area (Å²) in [6, 6.07) is 3.73. The molecular formula is C23H43N3O3. The van der Waals surface area contributed by atoms with Crippen LogP contribution in [0.4, 0.5) is 0 Å². The van der Waals surface area contributed by atoms with Gasteiger partial charge in [-0.05, 0) is 72.1 Å². The molecule has 6 nitrogen and oxygen atoms in total. The zero-order valence-corrected chi connectivity index (χ0v) is 19.6. The third-order valence-electron chi connectivity index (χ3n) is 4.99. The van der Waals surface area contributed by atoms with Crippen LogP contribution in [0.2, 0.25) is 0 Å². The largest absolute Gasteiger partial charge is 0.507 e. The summed E-state index contributed by atoms with van der Waals surface area (Å²) < 4.78 is 0. The minimum atomic E-state index is -0.661. The fraction of sp³-hybridized carbons (Fsp3) is 0.696. The fourth-order valence-corrected chi connectivity index (χ4v) is 2.94. The number of hydrogen-bond donors (Lipinski definition) is 5. The Morgan fingerprint density at radius 2 is 1.34 bits per heavy atom. The monoisotopic (exact) mass is 409 g/mol. The van der Waals surface area contributed by atoms with Gasteiger partial charge in [0.25, 0.3) is 0 Å². The van der Waals surface area contributed by atoms with E-state index in [9.17, 15) is 9.90 Å². The predicted octanol–water partition coefficient (Wildman–Crippen LogP) is 4.26. The van der Waals surface area contributed by atoms with Crippen molar-refractivity contribution in [2.75, 3.05) is 0 Å². The topological polar surface area (TPSA) is 136 Å². The maximum absolute atomic E-state index is 10.4. The third-order valence-corrected chi connectivity index (χ3v) is 4.99. The second kappa shape index (κ2) is 10.4. The highest BCUT2D eigenvalue weighted by molar-refractivity contribution is 5.69. The number of nitrogens with two attached hydrogens (primary N) is 3. The van der Waals surface area contributed by atoms with Gasteiger partial charge < -0.3 is 27.4 Å². The minimum absolute atomic E-state index is 0.111. The van der Waals surface area contributed by atoms with Gasteiger partial charge in [0, 0.05) is 27.7 Å². The number of rotatable bonds is 8. The van der Waals surface area contributed by atoms with Crippen LogP contribution in [0.15, 0.2) is 12.1 Å². The zero-order valence-electron chi connectivity index (χ0n) is 19.6. The van der Waals surface area contributed by atoms with E-state index in [4.69, 9.17) is 22.3 Å². The molecule has 0 aliphatic rings. The third kappa shape index (κ3) is 8.72. The van der Waals surface area contributed by atoms with E-state index in [0.717, 1.165) is 31.2 Å². The van der Waals surface area contributed by atoms with Crippen LogP contribution in [0.1, 0.15) is 97.8 Å². The molecule has 0 radical (unpaired) electrons. The van der Waals surface area contributed by atoms with Crippen LogP contribution in [-0.2, 0) is 21.4 Å². The summed E-state index contributed by atoms with van der Waals surface area (Å²) in [5.41, 5.74) is 18.8. The smallest absolute Gasteiger partial charge is 0.306 e. The summed E-state index contributed by atoms with van der Waals surface area (Å²) >= 11 is 0. The van der Waals surface area contributed by atoms with Crippen LogP contribution in [0, 0.1) is 5.92 Å². The highest BCUT2D eigenvalue weighted by Crippen LogP contribution is 2.38. The number of aromatic hydroxyl groups is 1. The number of benzene rings is 1. The molecule has 168 valence electrons. The molecule has 29 heavy (non-hydrogen) atoms. The van der Waals surface area contributed by atoms with E-state index in [2.05, 4.69) is 6.92 Å². The molecule has 0 saturated heterocycles. The SMILES string of the molecule is CC(C)(N)c1cc(C(C)(C)N)c(O)c(C(C)(C)N)c1.CCCCC(CC)C(=O)O. The van der Waals surface area contributed by atoms with Crippen molar-refractivity contribution in [1.82, 2.24) is 0 Å². The molecular weight excluding hydrogens is 366 g/mol. The lowest BCUT2D eigenvalue weighted by Crippen LogP contribution is -2.35. The van der Waals surface area contributed by atoms with Crippen LogP contribution >= 0.6 is 0 Å². The van der Waals surface area contributed by atoms with Crippen molar-refractivity contribution in [2.45, 2.75) is 97.7 Å². The Balaban J connectivity index is 0.000000665. The van der Waals surface area contributed by atoms with Crippen molar-refractivity contribution in [3.63, 3.8) is 0 Å². The van der Waals surface area contributed by atoms with Gasteiger partial charge in [-0.3, -0.25) is 4.79 Å². The summed E-state index contributed by atoms with van der Waals surface area (Å²) in [5.74, 6) is -0.594. The molecule has 1 aromatic carbocycles. The van der Waals surface area contributed by atoms with Gasteiger partial charge in [-0.15, -0.1) is 0 Å². The lowest BCUT2D eigenvalue weighted by Gasteiger charge is -2.30. The van der Waals surface area contributed by atoms with E-state index >= 15 is 0 Å². The van der Waals surface area contributed by atoms with Gasteiger partial charge in [0.15, 0.2) is 0 Å². The Hall–Kier alpha value is -1.63. The molecule has 8 N–H and O–H groups in total. The molecule has 1 unspecified atom stereocenters. The number of hydrogen-bond acceptors (Lipinski definition) is 5. The normalized spacial score (nSPS) is 13.5. The van der Waals surface area contributed by atoms with Crippen LogP contribution < -0.4 is 17.2 Å². The van der Waals surface area contributed by atoms with Gasteiger partial charge in [-0.25, -0.2) is 0 Å². The Morgan fingerprint density at radius 1 is 0.931 bits per heavy atom. The van der Waals surface area contributed by atoms with Crippen molar-refractivity contribution in [3.05, 3.63) is 28.8 Å². The zero-order chi connectivity index (χ0) is 23.2. The second-order valence-corrected chi connectivity index (χ2v) is 9.67. The first-order chi connectivity index (χ1) is 13.0. The summed E-state index contributed by atoms with van der Waals surface area (Å²) in [5, 5.41) is 19.0. The number of aliphatic carboxylic acids is 1. The van der Waals surface area contributed by atoms with E-state index in [1.54, 1.807) is 0 Å².